The molecule has 0 radical (unpaired) electrons. The van der Waals surface area contributed by atoms with Gasteiger partial charge in [0.25, 0.3) is 0 Å². The van der Waals surface area contributed by atoms with Crippen LogP contribution >= 0.6 is 0 Å². The predicted molar refractivity (Wildman–Crippen MR) is 109 cm³/mol. The van der Waals surface area contributed by atoms with Crippen molar-refractivity contribution in [3.63, 3.8) is 0 Å². The second-order valence-corrected chi connectivity index (χ2v) is 8.23. The highest BCUT2D eigenvalue weighted by Gasteiger charge is 2.34. The topological polar surface area (TPSA) is 25.8 Å². The van der Waals surface area contributed by atoms with Gasteiger partial charge in [-0.2, -0.15) is 0 Å². The molecule has 1 aliphatic carbocycles. The molecular formula is C24H22N2. The van der Waals surface area contributed by atoms with Gasteiger partial charge in [-0.1, -0.05) is 39.8 Å². The molecule has 128 valence electrons. The molecule has 0 saturated carbocycles. The molecule has 0 amide bonds. The lowest BCUT2D eigenvalue weighted by Crippen LogP contribution is -2.24. The van der Waals surface area contributed by atoms with Gasteiger partial charge in [0.2, 0.25) is 0 Å². The van der Waals surface area contributed by atoms with Crippen LogP contribution in [0.5, 0.6) is 0 Å². The van der Waals surface area contributed by atoms with Gasteiger partial charge in [-0.3, -0.25) is 9.97 Å². The van der Waals surface area contributed by atoms with E-state index in [0.29, 0.717) is 5.92 Å². The minimum atomic E-state index is -0.0635. The van der Waals surface area contributed by atoms with Crippen molar-refractivity contribution in [2.45, 2.75) is 39.0 Å². The number of nitrogens with zero attached hydrogens (tertiary/aromatic N) is 2. The molecular weight excluding hydrogens is 316 g/mol. The van der Waals surface area contributed by atoms with Gasteiger partial charge in [-0.15, -0.1) is 0 Å². The van der Waals surface area contributed by atoms with E-state index in [4.69, 9.17) is 4.98 Å². The van der Waals surface area contributed by atoms with Gasteiger partial charge in [0, 0.05) is 40.3 Å². The first-order chi connectivity index (χ1) is 12.5. The van der Waals surface area contributed by atoms with E-state index >= 15 is 0 Å². The van der Waals surface area contributed by atoms with Crippen LogP contribution in [0.2, 0.25) is 0 Å². The van der Waals surface area contributed by atoms with E-state index in [1.165, 1.54) is 43.8 Å². The maximum atomic E-state index is 4.81. The molecule has 2 aromatic heterocycles. The normalized spacial score (nSPS) is 14.8. The second-order valence-electron chi connectivity index (χ2n) is 8.23. The third-order valence-electron chi connectivity index (χ3n) is 5.93. The molecule has 0 atom stereocenters. The highest BCUT2D eigenvalue weighted by Crippen LogP contribution is 2.49. The average Bonchev–Trinajstić information content (AvgIpc) is 2.64. The number of fused-ring (bicyclic) bond motifs is 3. The Kier molecular flexibility index (Phi) is 3.06. The van der Waals surface area contributed by atoms with Crippen molar-refractivity contribution in [2.24, 2.45) is 0 Å². The minimum Gasteiger partial charge on any atom is -0.264 e. The molecule has 0 N–H and O–H groups in total. The van der Waals surface area contributed by atoms with Crippen molar-refractivity contribution in [1.29, 1.82) is 0 Å². The van der Waals surface area contributed by atoms with Crippen molar-refractivity contribution < 1.29 is 0 Å². The first kappa shape index (κ1) is 15.5. The fourth-order valence-electron chi connectivity index (χ4n) is 4.36. The molecule has 0 unspecified atom stereocenters. The SMILES string of the molecule is CC(C)c1cc2c3c(nccc3c1)-c1cc3cnccc3cc1C2(C)C. The minimum absolute atomic E-state index is 0.0635. The van der Waals surface area contributed by atoms with Gasteiger partial charge in [-0.05, 0) is 57.6 Å². The van der Waals surface area contributed by atoms with Gasteiger partial charge in [-0.25, -0.2) is 0 Å². The number of pyridine rings is 2. The molecule has 0 aliphatic heterocycles. The summed E-state index contributed by atoms with van der Waals surface area (Å²) in [5.41, 5.74) is 6.42. The summed E-state index contributed by atoms with van der Waals surface area (Å²) >= 11 is 0. The van der Waals surface area contributed by atoms with Crippen molar-refractivity contribution >= 4 is 21.5 Å². The largest absolute Gasteiger partial charge is 0.264 e. The number of hydrogen-bond acceptors (Lipinski definition) is 2. The Morgan fingerprint density at radius 1 is 0.846 bits per heavy atom. The number of hydrogen-bond donors (Lipinski definition) is 0. The molecule has 0 saturated heterocycles. The van der Waals surface area contributed by atoms with E-state index in [0.717, 1.165) is 5.69 Å². The quantitative estimate of drug-likeness (QED) is 0.412. The van der Waals surface area contributed by atoms with Crippen LogP contribution in [0.1, 0.15) is 50.3 Å². The zero-order valence-electron chi connectivity index (χ0n) is 15.7. The summed E-state index contributed by atoms with van der Waals surface area (Å²) in [5.74, 6) is 0.507. The lowest BCUT2D eigenvalue weighted by atomic mass is 9.68. The van der Waals surface area contributed by atoms with Crippen molar-refractivity contribution in [3.05, 3.63) is 71.7 Å². The molecule has 2 heterocycles. The van der Waals surface area contributed by atoms with E-state index < -0.39 is 0 Å². The maximum Gasteiger partial charge on any atom is 0.0786 e. The molecule has 2 aromatic carbocycles. The Hall–Kier alpha value is -2.74. The Morgan fingerprint density at radius 3 is 2.46 bits per heavy atom. The maximum absolute atomic E-state index is 4.81. The first-order valence-electron chi connectivity index (χ1n) is 9.28. The lowest BCUT2D eigenvalue weighted by Gasteiger charge is -2.35. The van der Waals surface area contributed by atoms with Crippen LogP contribution in [0.4, 0.5) is 0 Å². The predicted octanol–water partition coefficient (Wildman–Crippen LogP) is 6.21. The Labute approximate surface area is 153 Å². The second kappa shape index (κ2) is 5.14. The molecule has 0 spiro atoms. The average molecular weight is 338 g/mol. The summed E-state index contributed by atoms with van der Waals surface area (Å²) in [6.45, 7) is 9.21. The fraction of sp³-hybridized carbons (Fsp3) is 0.250. The van der Waals surface area contributed by atoms with Crippen molar-refractivity contribution in [1.82, 2.24) is 9.97 Å². The first-order valence-corrected chi connectivity index (χ1v) is 9.28. The number of aromatic nitrogens is 2. The van der Waals surface area contributed by atoms with Gasteiger partial charge in [0.05, 0.1) is 5.69 Å². The summed E-state index contributed by atoms with van der Waals surface area (Å²) < 4.78 is 0. The monoisotopic (exact) mass is 338 g/mol. The van der Waals surface area contributed by atoms with Gasteiger partial charge in [0.1, 0.15) is 0 Å². The molecule has 4 aromatic rings. The molecule has 0 fully saturated rings. The van der Waals surface area contributed by atoms with E-state index in [2.05, 4.69) is 69.1 Å². The fourth-order valence-corrected chi connectivity index (χ4v) is 4.36. The molecule has 5 rings (SSSR count). The smallest absolute Gasteiger partial charge is 0.0786 e. The lowest BCUT2D eigenvalue weighted by molar-refractivity contribution is 0.643. The Bertz CT molecular complexity index is 1190. The van der Waals surface area contributed by atoms with Crippen molar-refractivity contribution in [3.8, 4) is 11.3 Å². The van der Waals surface area contributed by atoms with Crippen LogP contribution in [0.3, 0.4) is 0 Å². The Balaban J connectivity index is 1.97. The van der Waals surface area contributed by atoms with E-state index in [-0.39, 0.29) is 5.41 Å². The molecule has 2 nitrogen and oxygen atoms in total. The summed E-state index contributed by atoms with van der Waals surface area (Å²) in [6.07, 6.45) is 5.76. The Morgan fingerprint density at radius 2 is 1.65 bits per heavy atom. The molecule has 1 aliphatic rings. The van der Waals surface area contributed by atoms with E-state index in [9.17, 15) is 0 Å². The number of rotatable bonds is 1. The molecule has 2 heteroatoms. The van der Waals surface area contributed by atoms with Gasteiger partial charge >= 0.3 is 0 Å². The third-order valence-corrected chi connectivity index (χ3v) is 5.93. The molecule has 26 heavy (non-hydrogen) atoms. The summed E-state index contributed by atoms with van der Waals surface area (Å²) in [4.78, 5) is 9.11. The standard InChI is InChI=1S/C24H22N2/c1-14(2)17-9-16-6-8-26-23-19-10-18-13-25-7-5-15(18)11-20(19)24(3,4)21(12-17)22(16)23/h5-14H,1-4H3. The summed E-state index contributed by atoms with van der Waals surface area (Å²) in [7, 11) is 0. The zero-order chi connectivity index (χ0) is 18.1. The van der Waals surface area contributed by atoms with Crippen LogP contribution in [0.15, 0.2) is 55.0 Å². The number of benzene rings is 2. The zero-order valence-corrected chi connectivity index (χ0v) is 15.7. The summed E-state index contributed by atoms with van der Waals surface area (Å²) in [6, 6.07) is 13.6. The van der Waals surface area contributed by atoms with Crippen LogP contribution in [-0.2, 0) is 5.41 Å². The highest BCUT2D eigenvalue weighted by atomic mass is 14.7. The van der Waals surface area contributed by atoms with Gasteiger partial charge < -0.3 is 0 Å². The van der Waals surface area contributed by atoms with Gasteiger partial charge in [0.15, 0.2) is 0 Å². The van der Waals surface area contributed by atoms with Crippen molar-refractivity contribution in [2.75, 3.05) is 0 Å². The van der Waals surface area contributed by atoms with Crippen LogP contribution in [0, 0.1) is 0 Å². The highest BCUT2D eigenvalue weighted by molar-refractivity contribution is 6.04. The van der Waals surface area contributed by atoms with Crippen LogP contribution < -0.4 is 0 Å². The van der Waals surface area contributed by atoms with E-state index in [1.54, 1.807) is 0 Å². The van der Waals surface area contributed by atoms with Crippen LogP contribution in [0.25, 0.3) is 32.8 Å². The third kappa shape index (κ3) is 1.99. The van der Waals surface area contributed by atoms with Crippen LogP contribution in [-0.4, -0.2) is 9.97 Å². The van der Waals surface area contributed by atoms with E-state index in [1.807, 2.05) is 18.6 Å². The summed E-state index contributed by atoms with van der Waals surface area (Å²) in [5, 5.41) is 5.00. The molecule has 0 bridgehead atoms.